The van der Waals surface area contributed by atoms with E-state index in [2.05, 4.69) is 10.3 Å². The predicted molar refractivity (Wildman–Crippen MR) is 84.9 cm³/mol. The molecule has 3 rings (SSSR count). The van der Waals surface area contributed by atoms with Gasteiger partial charge in [0.15, 0.2) is 0 Å². The fourth-order valence-electron chi connectivity index (χ4n) is 3.09. The molecule has 0 spiro atoms. The van der Waals surface area contributed by atoms with Gasteiger partial charge in [0, 0.05) is 30.3 Å². The molecule has 0 aliphatic carbocycles. The quantitative estimate of drug-likeness (QED) is 0.907. The number of nitrogens with one attached hydrogen (secondary N) is 2. The number of H-pyrrole nitrogens is 1. The number of ether oxygens (including phenoxy) is 2. The average molecular weight is 302 g/mol. The molecule has 0 radical (unpaired) electrons. The van der Waals surface area contributed by atoms with Crippen LogP contribution < -0.4 is 5.32 Å². The number of hydrogen-bond acceptors (Lipinski definition) is 3. The number of methoxy groups -OCH3 is 1. The molecule has 0 bridgehead atoms. The molecule has 1 aliphatic rings. The van der Waals surface area contributed by atoms with E-state index in [4.69, 9.17) is 9.47 Å². The van der Waals surface area contributed by atoms with E-state index >= 15 is 0 Å². The SMILES string of the molecule is CO[C@@H]1COCC[C@H]1NC(=O)Cc1c(C)[nH]c2ccccc12. The van der Waals surface area contributed by atoms with Gasteiger partial charge in [-0.15, -0.1) is 0 Å². The standard InChI is InChI=1S/C17H22N2O3/c1-11-13(12-5-3-4-6-14(12)18-11)9-17(20)19-15-7-8-22-10-16(15)21-2/h3-6,15-16,18H,7-10H2,1-2H3,(H,19,20)/t15-,16-/m1/s1. The van der Waals surface area contributed by atoms with Gasteiger partial charge in [0.25, 0.3) is 0 Å². The first-order valence-electron chi connectivity index (χ1n) is 7.65. The number of rotatable bonds is 4. The summed E-state index contributed by atoms with van der Waals surface area (Å²) in [5, 5.41) is 4.21. The Kier molecular flexibility index (Phi) is 4.45. The van der Waals surface area contributed by atoms with Gasteiger partial charge < -0.3 is 19.8 Å². The summed E-state index contributed by atoms with van der Waals surface area (Å²) in [6.45, 7) is 3.21. The molecule has 1 saturated heterocycles. The molecule has 2 atom stereocenters. The van der Waals surface area contributed by atoms with E-state index in [0.29, 0.717) is 19.6 Å². The number of carbonyl (C=O) groups is 1. The van der Waals surface area contributed by atoms with Crippen LogP contribution in [0, 0.1) is 6.92 Å². The molecule has 2 N–H and O–H groups in total. The topological polar surface area (TPSA) is 63.4 Å². The maximum atomic E-state index is 12.4. The Hall–Kier alpha value is -1.85. The molecule has 22 heavy (non-hydrogen) atoms. The van der Waals surface area contributed by atoms with Crippen LogP contribution in [0.5, 0.6) is 0 Å². The van der Waals surface area contributed by atoms with E-state index in [9.17, 15) is 4.79 Å². The lowest BCUT2D eigenvalue weighted by atomic mass is 10.0. The van der Waals surface area contributed by atoms with Crippen LogP contribution >= 0.6 is 0 Å². The summed E-state index contributed by atoms with van der Waals surface area (Å²) in [6, 6.07) is 8.10. The maximum absolute atomic E-state index is 12.4. The van der Waals surface area contributed by atoms with Crippen LogP contribution in [0.1, 0.15) is 17.7 Å². The van der Waals surface area contributed by atoms with Crippen molar-refractivity contribution >= 4 is 16.8 Å². The summed E-state index contributed by atoms with van der Waals surface area (Å²) in [5.41, 5.74) is 3.18. The lowest BCUT2D eigenvalue weighted by Crippen LogP contribution is -2.50. The molecule has 5 nitrogen and oxygen atoms in total. The van der Waals surface area contributed by atoms with Crippen molar-refractivity contribution in [3.8, 4) is 0 Å². The van der Waals surface area contributed by atoms with Crippen molar-refractivity contribution in [2.75, 3.05) is 20.3 Å². The van der Waals surface area contributed by atoms with Gasteiger partial charge in [-0.3, -0.25) is 4.79 Å². The Labute approximate surface area is 130 Å². The Bertz CT molecular complexity index is 665. The first-order valence-corrected chi connectivity index (χ1v) is 7.65. The second-order valence-electron chi connectivity index (χ2n) is 5.76. The first kappa shape index (κ1) is 15.1. The van der Waals surface area contributed by atoms with Crippen LogP contribution in [-0.2, 0) is 20.7 Å². The third kappa shape index (κ3) is 3.00. The molecule has 118 valence electrons. The summed E-state index contributed by atoms with van der Waals surface area (Å²) < 4.78 is 10.8. The molecule has 1 fully saturated rings. The number of aryl methyl sites for hydroxylation is 1. The van der Waals surface area contributed by atoms with E-state index in [-0.39, 0.29) is 18.1 Å². The van der Waals surface area contributed by atoms with Crippen LogP contribution in [0.2, 0.25) is 0 Å². The van der Waals surface area contributed by atoms with E-state index in [1.807, 2.05) is 31.2 Å². The van der Waals surface area contributed by atoms with Gasteiger partial charge in [-0.25, -0.2) is 0 Å². The van der Waals surface area contributed by atoms with Crippen molar-refractivity contribution in [2.24, 2.45) is 0 Å². The summed E-state index contributed by atoms with van der Waals surface area (Å²) in [4.78, 5) is 15.7. The Balaban J connectivity index is 1.72. The number of aromatic nitrogens is 1. The Morgan fingerprint density at radius 2 is 2.27 bits per heavy atom. The molecule has 1 aromatic heterocycles. The summed E-state index contributed by atoms with van der Waals surface area (Å²) in [6.07, 6.45) is 1.10. The summed E-state index contributed by atoms with van der Waals surface area (Å²) in [5.74, 6) is 0.0294. The average Bonchev–Trinajstić information content (AvgIpc) is 2.84. The number of benzene rings is 1. The molecule has 1 aromatic carbocycles. The zero-order chi connectivity index (χ0) is 15.5. The fourth-order valence-corrected chi connectivity index (χ4v) is 3.09. The number of carbonyl (C=O) groups excluding carboxylic acids is 1. The van der Waals surface area contributed by atoms with Crippen molar-refractivity contribution in [3.63, 3.8) is 0 Å². The number of aromatic amines is 1. The molecule has 1 aliphatic heterocycles. The van der Waals surface area contributed by atoms with E-state index in [1.165, 1.54) is 0 Å². The number of fused-ring (bicyclic) bond motifs is 1. The van der Waals surface area contributed by atoms with E-state index in [0.717, 1.165) is 28.6 Å². The Morgan fingerprint density at radius 1 is 1.45 bits per heavy atom. The molecule has 0 saturated carbocycles. The molecular formula is C17H22N2O3. The number of hydrogen-bond donors (Lipinski definition) is 2. The van der Waals surface area contributed by atoms with Gasteiger partial charge in [0.2, 0.25) is 5.91 Å². The second kappa shape index (κ2) is 6.50. The van der Waals surface area contributed by atoms with Crippen LogP contribution in [0.4, 0.5) is 0 Å². The predicted octanol–water partition coefficient (Wildman–Crippen LogP) is 1.94. The van der Waals surface area contributed by atoms with Crippen molar-refractivity contribution in [1.82, 2.24) is 10.3 Å². The van der Waals surface area contributed by atoms with E-state index in [1.54, 1.807) is 7.11 Å². The van der Waals surface area contributed by atoms with Crippen molar-refractivity contribution in [3.05, 3.63) is 35.5 Å². The van der Waals surface area contributed by atoms with Gasteiger partial charge in [-0.2, -0.15) is 0 Å². The van der Waals surface area contributed by atoms with Crippen LogP contribution in [0.15, 0.2) is 24.3 Å². The zero-order valence-electron chi connectivity index (χ0n) is 13.0. The smallest absolute Gasteiger partial charge is 0.224 e. The summed E-state index contributed by atoms with van der Waals surface area (Å²) in [7, 11) is 1.66. The monoisotopic (exact) mass is 302 g/mol. The second-order valence-corrected chi connectivity index (χ2v) is 5.76. The Morgan fingerprint density at radius 3 is 3.09 bits per heavy atom. The first-order chi connectivity index (χ1) is 10.7. The van der Waals surface area contributed by atoms with E-state index < -0.39 is 0 Å². The lowest BCUT2D eigenvalue weighted by Gasteiger charge is -2.31. The highest BCUT2D eigenvalue weighted by Crippen LogP contribution is 2.22. The number of para-hydroxylation sites is 1. The molecule has 2 heterocycles. The third-order valence-electron chi connectivity index (χ3n) is 4.32. The van der Waals surface area contributed by atoms with Gasteiger partial charge in [-0.1, -0.05) is 18.2 Å². The molecule has 0 unspecified atom stereocenters. The summed E-state index contributed by atoms with van der Waals surface area (Å²) >= 11 is 0. The minimum absolute atomic E-state index is 0.0248. The van der Waals surface area contributed by atoms with Gasteiger partial charge in [0.1, 0.15) is 6.10 Å². The maximum Gasteiger partial charge on any atom is 0.224 e. The third-order valence-corrected chi connectivity index (χ3v) is 4.32. The van der Waals surface area contributed by atoms with Crippen molar-refractivity contribution < 1.29 is 14.3 Å². The van der Waals surface area contributed by atoms with Crippen molar-refractivity contribution in [2.45, 2.75) is 31.9 Å². The van der Waals surface area contributed by atoms with Gasteiger partial charge in [-0.05, 0) is 25.0 Å². The highest BCUT2D eigenvalue weighted by molar-refractivity contribution is 5.90. The molecule has 5 heteroatoms. The highest BCUT2D eigenvalue weighted by Gasteiger charge is 2.27. The minimum atomic E-state index is -0.0678. The normalized spacial score (nSPS) is 21.9. The van der Waals surface area contributed by atoms with Crippen LogP contribution in [0.3, 0.4) is 0 Å². The largest absolute Gasteiger partial charge is 0.379 e. The minimum Gasteiger partial charge on any atom is -0.379 e. The molecule has 2 aromatic rings. The van der Waals surface area contributed by atoms with Crippen LogP contribution in [0.25, 0.3) is 10.9 Å². The molecular weight excluding hydrogens is 280 g/mol. The van der Waals surface area contributed by atoms with Gasteiger partial charge in [0.05, 0.1) is 19.1 Å². The number of amides is 1. The highest BCUT2D eigenvalue weighted by atomic mass is 16.5. The van der Waals surface area contributed by atoms with Gasteiger partial charge >= 0.3 is 0 Å². The van der Waals surface area contributed by atoms with Crippen LogP contribution in [-0.4, -0.2) is 43.4 Å². The lowest BCUT2D eigenvalue weighted by molar-refractivity contribution is -0.124. The zero-order valence-corrected chi connectivity index (χ0v) is 13.0. The molecule has 1 amide bonds. The fraction of sp³-hybridized carbons (Fsp3) is 0.471. The van der Waals surface area contributed by atoms with Crippen molar-refractivity contribution in [1.29, 1.82) is 0 Å².